The van der Waals surface area contributed by atoms with Gasteiger partial charge in [0.25, 0.3) is 0 Å². The van der Waals surface area contributed by atoms with Crippen molar-refractivity contribution >= 4 is 24.2 Å². The molecule has 0 saturated heterocycles. The minimum atomic E-state index is -0.367. The lowest BCUT2D eigenvalue weighted by atomic mass is 10.4. The van der Waals surface area contributed by atoms with Crippen molar-refractivity contribution in [3.8, 4) is 0 Å². The summed E-state index contributed by atoms with van der Waals surface area (Å²) in [5, 5.41) is 0. The van der Waals surface area contributed by atoms with Gasteiger partial charge in [-0.2, -0.15) is 0 Å². The highest BCUT2D eigenvalue weighted by Gasteiger charge is 2.04. The van der Waals surface area contributed by atoms with E-state index in [0.29, 0.717) is 18.1 Å². The highest BCUT2D eigenvalue weighted by Crippen LogP contribution is 1.95. The Balaban J connectivity index is 0.000000352. The maximum absolute atomic E-state index is 11.0. The Morgan fingerprint density at radius 3 is 2.16 bits per heavy atom. The maximum Gasteiger partial charge on any atom is 0.356 e. The number of carbonyl (C=O) groups is 1. The van der Waals surface area contributed by atoms with Gasteiger partial charge in [0.1, 0.15) is 11.5 Å². The number of hydrogen-bond donors (Lipinski definition) is 1. The van der Waals surface area contributed by atoms with Gasteiger partial charge in [0.15, 0.2) is 0 Å². The van der Waals surface area contributed by atoms with E-state index in [1.165, 1.54) is 0 Å². The minimum absolute atomic E-state index is 0. The summed E-state index contributed by atoms with van der Waals surface area (Å²) < 4.78 is 4.73. The van der Waals surface area contributed by atoms with Crippen LogP contribution >= 0.6 is 12.4 Å². The number of nitrogens with zero attached hydrogens (tertiary/aromatic N) is 2. The predicted octanol–water partition coefficient (Wildman–Crippen LogP) is 2.34. The van der Waals surface area contributed by atoms with Crippen LogP contribution in [0.4, 0.5) is 5.82 Å². The fourth-order valence-electron chi connectivity index (χ4n) is 1.06. The lowest BCUT2D eigenvalue weighted by Gasteiger charge is -1.98. The van der Waals surface area contributed by atoms with Crippen molar-refractivity contribution in [2.24, 2.45) is 0 Å². The van der Waals surface area contributed by atoms with Crippen molar-refractivity contribution in [3.05, 3.63) is 54.5 Å². The quantitative estimate of drug-likeness (QED) is 0.855. The monoisotopic (exact) mass is 281 g/mol. The number of carbonyl (C=O) groups excluding carboxylic acids is 1. The summed E-state index contributed by atoms with van der Waals surface area (Å²) in [5.74, 6) is 0.204. The van der Waals surface area contributed by atoms with Crippen LogP contribution in [-0.4, -0.2) is 22.5 Å². The molecule has 0 fully saturated rings. The van der Waals surface area contributed by atoms with Crippen LogP contribution in [0.25, 0.3) is 0 Å². The SMILES string of the molecule is CCOC(=O)c1ccccn1.Cl.Nc1ccccn1. The second kappa shape index (κ2) is 9.85. The fraction of sp³-hybridized carbons (Fsp3) is 0.154. The van der Waals surface area contributed by atoms with Crippen LogP contribution in [0.15, 0.2) is 48.8 Å². The summed E-state index contributed by atoms with van der Waals surface area (Å²) in [7, 11) is 0. The number of nitrogen functional groups attached to an aromatic ring is 1. The smallest absolute Gasteiger partial charge is 0.356 e. The standard InChI is InChI=1S/C8H9NO2.C5H6N2.ClH/c1-2-11-8(10)7-5-3-4-6-9-7;6-5-3-1-2-4-7-5;/h3-6H,2H2,1H3;1-4H,(H2,6,7);1H. The fourth-order valence-corrected chi connectivity index (χ4v) is 1.06. The highest BCUT2D eigenvalue weighted by molar-refractivity contribution is 5.87. The Bertz CT molecular complexity index is 466. The molecule has 0 unspecified atom stereocenters. The van der Waals surface area contributed by atoms with E-state index in [4.69, 9.17) is 10.5 Å². The zero-order valence-electron chi connectivity index (χ0n) is 10.5. The van der Waals surface area contributed by atoms with Crippen molar-refractivity contribution in [3.63, 3.8) is 0 Å². The van der Waals surface area contributed by atoms with Gasteiger partial charge in [-0.3, -0.25) is 0 Å². The molecule has 2 aromatic heterocycles. The van der Waals surface area contributed by atoms with Crippen LogP contribution in [0.5, 0.6) is 0 Å². The lowest BCUT2D eigenvalue weighted by Crippen LogP contribution is -2.05. The van der Waals surface area contributed by atoms with Crippen LogP contribution in [0.1, 0.15) is 17.4 Å². The molecule has 0 spiro atoms. The van der Waals surface area contributed by atoms with E-state index in [1.807, 2.05) is 12.1 Å². The summed E-state index contributed by atoms with van der Waals surface area (Å²) in [4.78, 5) is 18.5. The number of rotatable bonds is 2. The summed E-state index contributed by atoms with van der Waals surface area (Å²) in [6.07, 6.45) is 3.22. The minimum Gasteiger partial charge on any atom is -0.461 e. The Hall–Kier alpha value is -2.14. The molecule has 0 bridgehead atoms. The Morgan fingerprint density at radius 2 is 1.79 bits per heavy atom. The largest absolute Gasteiger partial charge is 0.461 e. The molecule has 2 rings (SSSR count). The Kier molecular flexibility index (Phi) is 8.74. The predicted molar refractivity (Wildman–Crippen MR) is 76.1 cm³/mol. The van der Waals surface area contributed by atoms with E-state index in [-0.39, 0.29) is 18.4 Å². The zero-order chi connectivity index (χ0) is 13.2. The molecule has 2 aromatic rings. The molecular formula is C13H16ClN3O2. The van der Waals surface area contributed by atoms with Gasteiger partial charge >= 0.3 is 5.97 Å². The third-order valence-electron chi connectivity index (χ3n) is 1.84. The van der Waals surface area contributed by atoms with Crippen molar-refractivity contribution in [2.45, 2.75) is 6.92 Å². The van der Waals surface area contributed by atoms with Crippen molar-refractivity contribution in [2.75, 3.05) is 12.3 Å². The molecule has 0 aromatic carbocycles. The van der Waals surface area contributed by atoms with E-state index in [1.54, 1.807) is 43.6 Å². The summed E-state index contributed by atoms with van der Waals surface area (Å²) in [6, 6.07) is 10.6. The molecule has 0 amide bonds. The van der Waals surface area contributed by atoms with Gasteiger partial charge in [-0.25, -0.2) is 14.8 Å². The molecule has 2 N–H and O–H groups in total. The Labute approximate surface area is 118 Å². The number of aromatic nitrogens is 2. The summed E-state index contributed by atoms with van der Waals surface area (Å²) >= 11 is 0. The molecule has 0 aliphatic rings. The third-order valence-corrected chi connectivity index (χ3v) is 1.84. The molecule has 6 heteroatoms. The topological polar surface area (TPSA) is 78.1 Å². The first-order valence-corrected chi connectivity index (χ1v) is 5.48. The molecule has 0 saturated carbocycles. The number of pyridine rings is 2. The number of halogens is 1. The molecule has 102 valence electrons. The van der Waals surface area contributed by atoms with Crippen molar-refractivity contribution in [1.29, 1.82) is 0 Å². The van der Waals surface area contributed by atoms with E-state index in [0.717, 1.165) is 0 Å². The zero-order valence-corrected chi connectivity index (χ0v) is 11.3. The average molecular weight is 282 g/mol. The number of anilines is 1. The summed E-state index contributed by atoms with van der Waals surface area (Å²) in [5.41, 5.74) is 5.60. The molecular weight excluding hydrogens is 266 g/mol. The third kappa shape index (κ3) is 7.00. The lowest BCUT2D eigenvalue weighted by molar-refractivity contribution is 0.0519. The molecule has 0 atom stereocenters. The van der Waals surface area contributed by atoms with Crippen molar-refractivity contribution < 1.29 is 9.53 Å². The van der Waals surface area contributed by atoms with Crippen molar-refractivity contribution in [1.82, 2.24) is 9.97 Å². The summed E-state index contributed by atoms with van der Waals surface area (Å²) in [6.45, 7) is 2.15. The number of ether oxygens (including phenoxy) is 1. The van der Waals surface area contributed by atoms with Gasteiger partial charge < -0.3 is 10.5 Å². The number of nitrogens with two attached hydrogens (primary N) is 1. The van der Waals surface area contributed by atoms with Gasteiger partial charge in [0.05, 0.1) is 6.61 Å². The van der Waals surface area contributed by atoms with Crippen LogP contribution in [0.2, 0.25) is 0 Å². The van der Waals surface area contributed by atoms with E-state index >= 15 is 0 Å². The number of esters is 1. The maximum atomic E-state index is 11.0. The Morgan fingerprint density at radius 1 is 1.16 bits per heavy atom. The van der Waals surface area contributed by atoms with E-state index in [2.05, 4.69) is 9.97 Å². The van der Waals surface area contributed by atoms with Crippen LogP contribution in [0.3, 0.4) is 0 Å². The molecule has 0 aliphatic carbocycles. The van der Waals surface area contributed by atoms with Gasteiger partial charge in [0, 0.05) is 12.4 Å². The van der Waals surface area contributed by atoms with Gasteiger partial charge in [0.2, 0.25) is 0 Å². The number of hydrogen-bond acceptors (Lipinski definition) is 5. The average Bonchev–Trinajstić information content (AvgIpc) is 2.42. The first kappa shape index (κ1) is 16.9. The van der Waals surface area contributed by atoms with Crippen LogP contribution < -0.4 is 5.73 Å². The van der Waals surface area contributed by atoms with Crippen LogP contribution in [-0.2, 0) is 4.74 Å². The molecule has 0 aliphatic heterocycles. The van der Waals surface area contributed by atoms with Gasteiger partial charge in [-0.15, -0.1) is 12.4 Å². The van der Waals surface area contributed by atoms with E-state index < -0.39 is 0 Å². The normalized spacial score (nSPS) is 8.47. The first-order valence-electron chi connectivity index (χ1n) is 5.48. The van der Waals surface area contributed by atoms with Gasteiger partial charge in [-0.1, -0.05) is 12.1 Å². The molecule has 19 heavy (non-hydrogen) atoms. The van der Waals surface area contributed by atoms with E-state index in [9.17, 15) is 4.79 Å². The first-order chi connectivity index (χ1) is 8.74. The highest BCUT2D eigenvalue weighted by atomic mass is 35.5. The molecule has 0 radical (unpaired) electrons. The molecule has 2 heterocycles. The molecule has 5 nitrogen and oxygen atoms in total. The second-order valence-electron chi connectivity index (χ2n) is 3.19. The van der Waals surface area contributed by atoms with Gasteiger partial charge in [-0.05, 0) is 31.2 Å². The second-order valence-corrected chi connectivity index (χ2v) is 3.19. The van der Waals surface area contributed by atoms with Crippen LogP contribution in [0, 0.1) is 0 Å².